The molecule has 0 nitrogen and oxygen atoms in total. The standard InChI is InChI=1S/C10H22.C6H14.C5H12/c1-3-5-7-9-10-8-6-4-2;1-3-5-6-4-2;1-3-5-4-2/h3-10H2,1-2H3;3-6H2,1-2H3;3-5H2,1-2H3. The summed E-state index contributed by atoms with van der Waals surface area (Å²) in [5.41, 5.74) is 0. The van der Waals surface area contributed by atoms with E-state index >= 15 is 0 Å². The molecule has 21 heavy (non-hydrogen) atoms. The normalized spacial score (nSPS) is 9.43. The predicted octanol–water partition coefficient (Wildman–Crippen LogP) is 8.93. The zero-order valence-electron chi connectivity index (χ0n) is 16.6. The molecule has 0 aliphatic rings. The van der Waals surface area contributed by atoms with Crippen molar-refractivity contribution >= 4 is 0 Å². The van der Waals surface area contributed by atoms with E-state index in [-0.39, 0.29) is 0 Å². The monoisotopic (exact) mass is 300 g/mol. The minimum atomic E-state index is 1.34. The quantitative estimate of drug-likeness (QED) is 0.315. The van der Waals surface area contributed by atoms with E-state index in [1.54, 1.807) is 0 Å². The van der Waals surface area contributed by atoms with Crippen molar-refractivity contribution in [1.82, 2.24) is 0 Å². The van der Waals surface area contributed by atoms with Gasteiger partial charge in [0.05, 0.1) is 0 Å². The summed E-state index contributed by atoms with van der Waals surface area (Å²) in [7, 11) is 0. The molecular formula is C21H48. The van der Waals surface area contributed by atoms with Gasteiger partial charge in [0, 0.05) is 0 Å². The molecule has 0 heteroatoms. The summed E-state index contributed by atoms with van der Waals surface area (Å²) in [5.74, 6) is 0. The van der Waals surface area contributed by atoms with Crippen LogP contribution in [0.4, 0.5) is 0 Å². The Morgan fingerprint density at radius 3 is 0.619 bits per heavy atom. The molecule has 0 aromatic heterocycles. The zero-order valence-corrected chi connectivity index (χ0v) is 16.6. The average molecular weight is 301 g/mol. The lowest BCUT2D eigenvalue weighted by molar-refractivity contribution is 0.585. The lowest BCUT2D eigenvalue weighted by atomic mass is 10.1. The Morgan fingerprint density at radius 2 is 0.429 bits per heavy atom. The predicted molar refractivity (Wildman–Crippen MR) is 103 cm³/mol. The maximum atomic E-state index is 2.27. The fraction of sp³-hybridized carbons (Fsp3) is 1.00. The van der Waals surface area contributed by atoms with Crippen molar-refractivity contribution in [3.05, 3.63) is 0 Å². The molecule has 0 radical (unpaired) electrons. The molecule has 0 amide bonds. The van der Waals surface area contributed by atoms with Gasteiger partial charge in [-0.25, -0.2) is 0 Å². The summed E-state index contributed by atoms with van der Waals surface area (Å²) < 4.78 is 0. The number of unbranched alkanes of at least 4 members (excludes halogenated alkanes) is 12. The average Bonchev–Trinajstić information content (AvgIpc) is 2.51. The van der Waals surface area contributed by atoms with Crippen LogP contribution in [0.5, 0.6) is 0 Å². The Bertz CT molecular complexity index is 103. The fourth-order valence-corrected chi connectivity index (χ4v) is 2.06. The molecule has 0 unspecified atom stereocenters. The molecule has 0 spiro atoms. The van der Waals surface area contributed by atoms with Gasteiger partial charge in [0.25, 0.3) is 0 Å². The first-order chi connectivity index (χ1) is 10.2. The van der Waals surface area contributed by atoms with Crippen molar-refractivity contribution < 1.29 is 0 Å². The van der Waals surface area contributed by atoms with Crippen LogP contribution in [0.2, 0.25) is 0 Å². The van der Waals surface area contributed by atoms with Gasteiger partial charge >= 0.3 is 0 Å². The summed E-state index contributed by atoms with van der Waals surface area (Å²) >= 11 is 0. The highest BCUT2D eigenvalue weighted by Crippen LogP contribution is 2.07. The Morgan fingerprint density at radius 1 is 0.238 bits per heavy atom. The van der Waals surface area contributed by atoms with E-state index in [2.05, 4.69) is 41.5 Å². The van der Waals surface area contributed by atoms with Crippen molar-refractivity contribution in [3.8, 4) is 0 Å². The van der Waals surface area contributed by atoms with E-state index in [4.69, 9.17) is 0 Å². The van der Waals surface area contributed by atoms with E-state index in [0.29, 0.717) is 0 Å². The van der Waals surface area contributed by atoms with Gasteiger partial charge in [-0.1, -0.05) is 138 Å². The van der Waals surface area contributed by atoms with Crippen molar-refractivity contribution in [2.75, 3.05) is 0 Å². The minimum Gasteiger partial charge on any atom is -0.0654 e. The summed E-state index contributed by atoms with van der Waals surface area (Å²) in [6.45, 7) is 13.4. The number of rotatable bonds is 12. The first-order valence-corrected chi connectivity index (χ1v) is 10.2. The third-order valence-corrected chi connectivity index (χ3v) is 3.62. The molecule has 0 atom stereocenters. The van der Waals surface area contributed by atoms with Crippen LogP contribution in [0.1, 0.15) is 138 Å². The molecule has 0 fully saturated rings. The Labute approximate surface area is 138 Å². The molecule has 0 aromatic carbocycles. The zero-order chi connectivity index (χ0) is 16.6. The molecule has 132 valence electrons. The maximum absolute atomic E-state index is 2.27. The van der Waals surface area contributed by atoms with Crippen LogP contribution >= 0.6 is 0 Å². The van der Waals surface area contributed by atoms with Gasteiger partial charge in [0.1, 0.15) is 0 Å². The molecule has 0 aliphatic carbocycles. The largest absolute Gasteiger partial charge is 0.0654 e. The van der Waals surface area contributed by atoms with Crippen LogP contribution in [0.25, 0.3) is 0 Å². The second kappa shape index (κ2) is 32.1. The highest BCUT2D eigenvalue weighted by molar-refractivity contribution is 4.43. The van der Waals surface area contributed by atoms with Gasteiger partial charge in [-0.15, -0.1) is 0 Å². The molecule has 0 N–H and O–H groups in total. The van der Waals surface area contributed by atoms with Gasteiger partial charge in [-0.05, 0) is 0 Å². The lowest BCUT2D eigenvalue weighted by Gasteiger charge is -1.97. The van der Waals surface area contributed by atoms with E-state index < -0.39 is 0 Å². The third kappa shape index (κ3) is 45.0. The number of hydrogen-bond acceptors (Lipinski definition) is 0. The van der Waals surface area contributed by atoms with Gasteiger partial charge < -0.3 is 0 Å². The van der Waals surface area contributed by atoms with Crippen LogP contribution in [0, 0.1) is 0 Å². The summed E-state index contributed by atoms with van der Waals surface area (Å²) in [4.78, 5) is 0. The topological polar surface area (TPSA) is 0 Å². The highest BCUT2D eigenvalue weighted by atomic mass is 13.9. The van der Waals surface area contributed by atoms with Crippen molar-refractivity contribution in [2.24, 2.45) is 0 Å². The summed E-state index contributed by atoms with van der Waals surface area (Å²) in [6.07, 6.45) is 21.1. The smallest absolute Gasteiger partial charge is 0.0533 e. The Hall–Kier alpha value is 0. The second-order valence-corrected chi connectivity index (χ2v) is 6.18. The van der Waals surface area contributed by atoms with Gasteiger partial charge in [-0.2, -0.15) is 0 Å². The van der Waals surface area contributed by atoms with E-state index in [1.165, 1.54) is 96.3 Å². The molecule has 0 saturated carbocycles. The summed E-state index contributed by atoms with van der Waals surface area (Å²) in [6, 6.07) is 0. The Kier molecular flexibility index (Phi) is 39.6. The van der Waals surface area contributed by atoms with Crippen LogP contribution in [0.3, 0.4) is 0 Å². The molecule has 0 heterocycles. The van der Waals surface area contributed by atoms with Gasteiger partial charge in [0.2, 0.25) is 0 Å². The minimum absolute atomic E-state index is 1.34. The van der Waals surface area contributed by atoms with Gasteiger partial charge in [-0.3, -0.25) is 0 Å². The van der Waals surface area contributed by atoms with Crippen LogP contribution in [-0.4, -0.2) is 0 Å². The maximum Gasteiger partial charge on any atom is -0.0533 e. The highest BCUT2D eigenvalue weighted by Gasteiger charge is 1.87. The van der Waals surface area contributed by atoms with Crippen LogP contribution in [0.15, 0.2) is 0 Å². The molecule has 0 rings (SSSR count). The fourth-order valence-electron chi connectivity index (χ4n) is 2.06. The third-order valence-electron chi connectivity index (χ3n) is 3.62. The Balaban J connectivity index is -0.000000252. The molecule has 0 aliphatic heterocycles. The van der Waals surface area contributed by atoms with E-state index in [1.807, 2.05) is 0 Å². The van der Waals surface area contributed by atoms with Crippen molar-refractivity contribution in [1.29, 1.82) is 0 Å². The molecule has 0 bridgehead atoms. The SMILES string of the molecule is CCCCC.CCCCCC.CCCCCCCCCC. The molecular weight excluding hydrogens is 252 g/mol. The van der Waals surface area contributed by atoms with Crippen LogP contribution in [-0.2, 0) is 0 Å². The van der Waals surface area contributed by atoms with Crippen LogP contribution < -0.4 is 0 Å². The number of hydrogen-bond donors (Lipinski definition) is 0. The van der Waals surface area contributed by atoms with Crippen molar-refractivity contribution in [3.63, 3.8) is 0 Å². The lowest BCUT2D eigenvalue weighted by Crippen LogP contribution is -1.77. The first kappa shape index (κ1) is 25.9. The molecule has 0 saturated heterocycles. The van der Waals surface area contributed by atoms with Crippen molar-refractivity contribution in [2.45, 2.75) is 138 Å². The first-order valence-electron chi connectivity index (χ1n) is 10.2. The van der Waals surface area contributed by atoms with E-state index in [9.17, 15) is 0 Å². The van der Waals surface area contributed by atoms with E-state index in [0.717, 1.165) is 0 Å². The van der Waals surface area contributed by atoms with Gasteiger partial charge in [0.15, 0.2) is 0 Å². The molecule has 0 aromatic rings. The second-order valence-electron chi connectivity index (χ2n) is 6.18. The summed E-state index contributed by atoms with van der Waals surface area (Å²) in [5, 5.41) is 0.